The molecule has 4 bridgehead atoms. The van der Waals surface area contributed by atoms with Gasteiger partial charge in [0.2, 0.25) is 0 Å². The van der Waals surface area contributed by atoms with Gasteiger partial charge in [-0.15, -0.1) is 0 Å². The van der Waals surface area contributed by atoms with Crippen LogP contribution in [-0.4, -0.2) is 22.1 Å². The van der Waals surface area contributed by atoms with Gasteiger partial charge in [-0.05, 0) is 74.5 Å². The first-order valence-corrected chi connectivity index (χ1v) is 14.5. The van der Waals surface area contributed by atoms with Gasteiger partial charge in [-0.1, -0.05) is 37.3 Å². The maximum atomic E-state index is 13.3. The van der Waals surface area contributed by atoms with Crippen LogP contribution in [0.5, 0.6) is 0 Å². The summed E-state index contributed by atoms with van der Waals surface area (Å²) in [5.74, 6) is 2.03. The molecule has 0 atom stereocenters. The zero-order chi connectivity index (χ0) is 18.0. The van der Waals surface area contributed by atoms with Gasteiger partial charge in [0, 0.05) is 0 Å². The lowest BCUT2D eigenvalue weighted by Crippen LogP contribution is -2.53. The molecule has 4 aliphatic carbocycles. The fourth-order valence-electron chi connectivity index (χ4n) is 5.86. The van der Waals surface area contributed by atoms with Crippen LogP contribution >= 0.6 is 0 Å². The van der Waals surface area contributed by atoms with Gasteiger partial charge >= 0.3 is 0 Å². The molecule has 0 heterocycles. The van der Waals surface area contributed by atoms with Gasteiger partial charge in [-0.2, -0.15) is 8.42 Å². The largest absolute Gasteiger partial charge is 0.297 e. The number of rotatable bonds is 4. The van der Waals surface area contributed by atoms with Gasteiger partial charge in [0.25, 0.3) is 10.1 Å². The van der Waals surface area contributed by atoms with Crippen molar-refractivity contribution in [3.05, 3.63) is 23.8 Å². The first kappa shape index (κ1) is 17.7. The first-order chi connectivity index (χ1) is 11.6. The molecule has 4 fully saturated rings. The normalized spacial score (nSPS) is 34.5. The summed E-state index contributed by atoms with van der Waals surface area (Å²) in [6.07, 6.45) is 6.67. The van der Waals surface area contributed by atoms with Crippen LogP contribution in [0.15, 0.2) is 23.1 Å². The zero-order valence-electron chi connectivity index (χ0n) is 15.8. The third-order valence-corrected chi connectivity index (χ3v) is 10.2. The minimum atomic E-state index is -3.72. The molecular weight excluding hydrogens is 348 g/mol. The topological polar surface area (TPSA) is 43.4 Å². The van der Waals surface area contributed by atoms with Crippen molar-refractivity contribution in [2.75, 3.05) is 0 Å². The molecule has 0 saturated heterocycles. The maximum absolute atomic E-state index is 13.3. The molecule has 5 rings (SSSR count). The summed E-state index contributed by atoms with van der Waals surface area (Å²) in [6, 6.07) is 5.74. The average molecular weight is 379 g/mol. The van der Waals surface area contributed by atoms with Gasteiger partial charge in [0.05, 0.1) is 18.6 Å². The number of hydrogen-bond donors (Lipinski definition) is 0. The van der Waals surface area contributed by atoms with E-state index in [1.54, 1.807) is 6.07 Å². The lowest BCUT2D eigenvalue weighted by molar-refractivity contribution is -0.104. The highest BCUT2D eigenvalue weighted by Crippen LogP contribution is 2.57. The van der Waals surface area contributed by atoms with Crippen molar-refractivity contribution in [1.82, 2.24) is 0 Å². The Bertz CT molecular complexity index is 756. The fourth-order valence-corrected chi connectivity index (χ4v) is 9.96. The molecule has 0 unspecified atom stereocenters. The van der Waals surface area contributed by atoms with Gasteiger partial charge in [-0.25, -0.2) is 0 Å². The molecule has 0 radical (unpaired) electrons. The maximum Gasteiger partial charge on any atom is 0.297 e. The Morgan fingerprint density at radius 2 is 1.52 bits per heavy atom. The molecule has 0 aliphatic heterocycles. The molecule has 4 saturated carbocycles. The van der Waals surface area contributed by atoms with Crippen LogP contribution in [0.2, 0.25) is 19.6 Å². The minimum absolute atomic E-state index is 0.421. The third-order valence-electron chi connectivity index (χ3n) is 6.48. The van der Waals surface area contributed by atoms with Crippen molar-refractivity contribution in [2.24, 2.45) is 17.8 Å². The summed E-state index contributed by atoms with van der Waals surface area (Å²) < 4.78 is 32.7. The predicted molar refractivity (Wildman–Crippen MR) is 103 cm³/mol. The van der Waals surface area contributed by atoms with Crippen molar-refractivity contribution < 1.29 is 12.6 Å². The van der Waals surface area contributed by atoms with Crippen LogP contribution in [0.3, 0.4) is 0 Å². The Labute approximate surface area is 153 Å². The van der Waals surface area contributed by atoms with Crippen LogP contribution in [0.1, 0.15) is 44.1 Å². The summed E-state index contributed by atoms with van der Waals surface area (Å²) in [7, 11) is -5.50. The van der Waals surface area contributed by atoms with Crippen molar-refractivity contribution in [2.45, 2.75) is 75.6 Å². The van der Waals surface area contributed by atoms with E-state index in [9.17, 15) is 8.42 Å². The summed E-state index contributed by atoms with van der Waals surface area (Å²) in [5.41, 5.74) is 0.695. The summed E-state index contributed by atoms with van der Waals surface area (Å²) in [6.45, 7) is 8.63. The molecule has 0 amide bonds. The summed E-state index contributed by atoms with van der Waals surface area (Å²) >= 11 is 0. The molecule has 138 valence electrons. The van der Waals surface area contributed by atoms with Gasteiger partial charge in [0.1, 0.15) is 0 Å². The standard InChI is InChI=1S/C20H30O3SSi/c1-14-5-6-18(19(7-14)25(2,3)4)24(21,22)23-20-11-15-8-16(12-20)10-17(9-15)13-20/h5-7,15-17H,8-13H2,1-4H3. The Morgan fingerprint density at radius 3 is 2.00 bits per heavy atom. The molecule has 1 aromatic rings. The minimum Gasteiger partial charge on any atom is -0.260 e. The Morgan fingerprint density at radius 1 is 1.00 bits per heavy atom. The lowest BCUT2D eigenvalue weighted by Gasteiger charge is -2.55. The predicted octanol–water partition coefficient (Wildman–Crippen LogP) is 4.21. The second-order valence-electron chi connectivity index (χ2n) is 9.89. The van der Waals surface area contributed by atoms with Crippen LogP contribution in [-0.2, 0) is 14.3 Å². The Kier molecular flexibility index (Phi) is 4.02. The van der Waals surface area contributed by atoms with Gasteiger partial charge in [0.15, 0.2) is 0 Å². The number of aryl methyl sites for hydroxylation is 1. The second-order valence-corrected chi connectivity index (χ2v) is 16.4. The van der Waals surface area contributed by atoms with E-state index >= 15 is 0 Å². The van der Waals surface area contributed by atoms with E-state index in [1.165, 1.54) is 19.3 Å². The smallest absolute Gasteiger partial charge is 0.260 e. The van der Waals surface area contributed by atoms with Crippen LogP contribution in [0.4, 0.5) is 0 Å². The van der Waals surface area contributed by atoms with E-state index < -0.39 is 23.8 Å². The molecule has 0 spiro atoms. The van der Waals surface area contributed by atoms with Gasteiger partial charge < -0.3 is 0 Å². The van der Waals surface area contributed by atoms with Crippen LogP contribution in [0.25, 0.3) is 0 Å². The van der Waals surface area contributed by atoms with E-state index in [2.05, 4.69) is 25.7 Å². The molecule has 1 aromatic carbocycles. The Balaban J connectivity index is 1.70. The molecule has 0 aromatic heterocycles. The third kappa shape index (κ3) is 3.24. The quantitative estimate of drug-likeness (QED) is 0.582. The van der Waals surface area contributed by atoms with E-state index in [0.29, 0.717) is 22.6 Å². The molecule has 3 nitrogen and oxygen atoms in total. The van der Waals surface area contributed by atoms with Crippen molar-refractivity contribution in [3.63, 3.8) is 0 Å². The zero-order valence-corrected chi connectivity index (χ0v) is 17.7. The molecule has 5 heteroatoms. The molecule has 0 N–H and O–H groups in total. The van der Waals surface area contributed by atoms with Crippen LogP contribution < -0.4 is 5.19 Å². The van der Waals surface area contributed by atoms with Crippen molar-refractivity contribution >= 4 is 23.4 Å². The first-order valence-electron chi connectivity index (χ1n) is 9.63. The Hall–Kier alpha value is -0.653. The highest BCUT2D eigenvalue weighted by Gasteiger charge is 2.54. The SMILES string of the molecule is Cc1ccc(S(=O)(=O)OC23CC4CC(CC(C4)C2)C3)c([Si](C)(C)C)c1. The monoisotopic (exact) mass is 378 g/mol. The second kappa shape index (κ2) is 5.67. The fraction of sp³-hybridized carbons (Fsp3) is 0.700. The number of benzene rings is 1. The van der Waals surface area contributed by atoms with Gasteiger partial charge in [-0.3, -0.25) is 4.18 Å². The van der Waals surface area contributed by atoms with E-state index in [4.69, 9.17) is 4.18 Å². The average Bonchev–Trinajstić information content (AvgIpc) is 2.43. The van der Waals surface area contributed by atoms with E-state index in [0.717, 1.165) is 30.0 Å². The highest BCUT2D eigenvalue weighted by atomic mass is 32.2. The van der Waals surface area contributed by atoms with E-state index in [1.807, 2.05) is 13.0 Å². The lowest BCUT2D eigenvalue weighted by atomic mass is 9.54. The van der Waals surface area contributed by atoms with Crippen molar-refractivity contribution in [1.29, 1.82) is 0 Å². The van der Waals surface area contributed by atoms with Crippen LogP contribution in [0, 0.1) is 24.7 Å². The summed E-state index contributed by atoms with van der Waals surface area (Å²) in [5, 5.41) is 0.997. The molecule has 25 heavy (non-hydrogen) atoms. The van der Waals surface area contributed by atoms with Crippen molar-refractivity contribution in [3.8, 4) is 0 Å². The molecular formula is C20H30O3SSi. The summed E-state index contributed by atoms with van der Waals surface area (Å²) in [4.78, 5) is 0.424. The van der Waals surface area contributed by atoms with E-state index in [-0.39, 0.29) is 0 Å². The number of hydrogen-bond acceptors (Lipinski definition) is 3. The molecule has 4 aliphatic rings. The highest BCUT2D eigenvalue weighted by molar-refractivity contribution is 7.87.